The van der Waals surface area contributed by atoms with Gasteiger partial charge >= 0.3 is 0 Å². The molecule has 0 saturated carbocycles. The van der Waals surface area contributed by atoms with E-state index < -0.39 is 0 Å². The highest BCUT2D eigenvalue weighted by molar-refractivity contribution is 5.85. The zero-order chi connectivity index (χ0) is 15.0. The molecular formula is C17H23N3O. The molecule has 3 N–H and O–H groups in total. The molecule has 1 aliphatic rings. The first kappa shape index (κ1) is 14.1. The molecule has 0 spiro atoms. The Labute approximate surface area is 125 Å². The summed E-state index contributed by atoms with van der Waals surface area (Å²) in [5, 5.41) is 7.62. The number of hydrogen-bond acceptors (Lipinski definition) is 2. The van der Waals surface area contributed by atoms with E-state index in [-0.39, 0.29) is 17.4 Å². The van der Waals surface area contributed by atoms with Crippen LogP contribution in [0.3, 0.4) is 0 Å². The predicted molar refractivity (Wildman–Crippen MR) is 85.3 cm³/mol. The summed E-state index contributed by atoms with van der Waals surface area (Å²) in [5.74, 6) is 0.120. The van der Waals surface area contributed by atoms with Gasteiger partial charge in [-0.15, -0.1) is 0 Å². The molecule has 4 heteroatoms. The Balaban J connectivity index is 1.66. The first-order valence-electron chi connectivity index (χ1n) is 7.55. The summed E-state index contributed by atoms with van der Waals surface area (Å²) in [5.41, 5.74) is 3.73. The van der Waals surface area contributed by atoms with Crippen LogP contribution in [0.1, 0.15) is 25.0 Å². The number of hydrogen-bond donors (Lipinski definition) is 3. The van der Waals surface area contributed by atoms with Crippen molar-refractivity contribution >= 4 is 16.8 Å². The summed E-state index contributed by atoms with van der Waals surface area (Å²) in [6.45, 7) is 7.90. The van der Waals surface area contributed by atoms with E-state index in [9.17, 15) is 4.79 Å². The van der Waals surface area contributed by atoms with E-state index in [0.717, 1.165) is 19.5 Å². The van der Waals surface area contributed by atoms with Crippen molar-refractivity contribution in [1.82, 2.24) is 15.6 Å². The van der Waals surface area contributed by atoms with Crippen molar-refractivity contribution in [1.29, 1.82) is 0 Å². The molecule has 0 radical (unpaired) electrons. The number of aromatic nitrogens is 1. The van der Waals surface area contributed by atoms with Crippen molar-refractivity contribution in [3.05, 3.63) is 35.5 Å². The second-order valence-electron chi connectivity index (χ2n) is 6.71. The van der Waals surface area contributed by atoms with Crippen LogP contribution in [-0.2, 0) is 11.2 Å². The van der Waals surface area contributed by atoms with Crippen molar-refractivity contribution in [2.24, 2.45) is 5.41 Å². The van der Waals surface area contributed by atoms with E-state index in [1.165, 1.54) is 22.0 Å². The standard InChI is InChI=1S/C17H23N3O/c1-11-4-5-13-12(9-19-14(13)8-11)6-7-18-15-16(21)20-10-17(15,2)3/h4-5,8-9,15,18-19H,6-7,10H2,1-3H3,(H,20,21). The van der Waals surface area contributed by atoms with E-state index in [2.05, 4.69) is 60.8 Å². The normalized spacial score (nSPS) is 20.9. The second-order valence-corrected chi connectivity index (χ2v) is 6.71. The summed E-state index contributed by atoms with van der Waals surface area (Å²) in [4.78, 5) is 15.2. The summed E-state index contributed by atoms with van der Waals surface area (Å²) in [7, 11) is 0. The molecule has 1 saturated heterocycles. The molecular weight excluding hydrogens is 262 g/mol. The van der Waals surface area contributed by atoms with Crippen LogP contribution >= 0.6 is 0 Å². The van der Waals surface area contributed by atoms with E-state index in [4.69, 9.17) is 0 Å². The van der Waals surface area contributed by atoms with Crippen LogP contribution < -0.4 is 10.6 Å². The number of fused-ring (bicyclic) bond motifs is 1. The topological polar surface area (TPSA) is 56.9 Å². The summed E-state index contributed by atoms with van der Waals surface area (Å²) in [6, 6.07) is 6.38. The Morgan fingerprint density at radius 3 is 2.90 bits per heavy atom. The lowest BCUT2D eigenvalue weighted by molar-refractivity contribution is -0.121. The maximum Gasteiger partial charge on any atom is 0.237 e. The van der Waals surface area contributed by atoms with Gasteiger partial charge in [0.05, 0.1) is 6.04 Å². The average molecular weight is 285 g/mol. The molecule has 1 aliphatic heterocycles. The van der Waals surface area contributed by atoms with Crippen molar-refractivity contribution in [3.63, 3.8) is 0 Å². The zero-order valence-corrected chi connectivity index (χ0v) is 12.9. The van der Waals surface area contributed by atoms with Gasteiger partial charge in [0.2, 0.25) is 5.91 Å². The van der Waals surface area contributed by atoms with Crippen molar-refractivity contribution in [3.8, 4) is 0 Å². The van der Waals surface area contributed by atoms with Crippen molar-refractivity contribution in [2.75, 3.05) is 13.1 Å². The van der Waals surface area contributed by atoms with Crippen LogP contribution in [0.25, 0.3) is 10.9 Å². The molecule has 1 aromatic carbocycles. The molecule has 112 valence electrons. The maximum atomic E-state index is 11.9. The van der Waals surface area contributed by atoms with Gasteiger partial charge in [0.25, 0.3) is 0 Å². The van der Waals surface area contributed by atoms with Crippen LogP contribution in [0.5, 0.6) is 0 Å². The third-order valence-corrected chi connectivity index (χ3v) is 4.43. The van der Waals surface area contributed by atoms with Gasteiger partial charge in [-0.25, -0.2) is 0 Å². The Morgan fingerprint density at radius 1 is 1.38 bits per heavy atom. The molecule has 2 heterocycles. The van der Waals surface area contributed by atoms with Gasteiger partial charge in [-0.2, -0.15) is 0 Å². The van der Waals surface area contributed by atoms with E-state index in [0.29, 0.717) is 0 Å². The molecule has 2 aromatic rings. The van der Waals surface area contributed by atoms with Crippen LogP contribution in [0, 0.1) is 12.3 Å². The minimum absolute atomic E-state index is 0.0194. The monoisotopic (exact) mass is 285 g/mol. The summed E-state index contributed by atoms with van der Waals surface area (Å²) in [6.07, 6.45) is 2.99. The molecule has 1 aromatic heterocycles. The zero-order valence-electron chi connectivity index (χ0n) is 12.9. The highest BCUT2D eigenvalue weighted by Crippen LogP contribution is 2.25. The molecule has 3 rings (SSSR count). The predicted octanol–water partition coefficient (Wildman–Crippen LogP) is 2.13. The molecule has 4 nitrogen and oxygen atoms in total. The fraction of sp³-hybridized carbons (Fsp3) is 0.471. The first-order chi connectivity index (χ1) is 9.97. The molecule has 1 fully saturated rings. The Bertz CT molecular complexity index is 672. The van der Waals surface area contributed by atoms with Gasteiger partial charge in [-0.05, 0) is 30.5 Å². The SMILES string of the molecule is Cc1ccc2c(CCNC3C(=O)NCC3(C)C)c[nH]c2c1. The number of H-pyrrole nitrogens is 1. The number of amides is 1. The van der Waals surface area contributed by atoms with E-state index in [1.807, 2.05) is 0 Å². The third-order valence-electron chi connectivity index (χ3n) is 4.43. The largest absolute Gasteiger partial charge is 0.361 e. The minimum Gasteiger partial charge on any atom is -0.361 e. The highest BCUT2D eigenvalue weighted by Gasteiger charge is 2.40. The van der Waals surface area contributed by atoms with E-state index in [1.54, 1.807) is 0 Å². The van der Waals surface area contributed by atoms with Crippen molar-refractivity contribution in [2.45, 2.75) is 33.2 Å². The van der Waals surface area contributed by atoms with Gasteiger partial charge in [-0.1, -0.05) is 26.0 Å². The Hall–Kier alpha value is -1.81. The van der Waals surface area contributed by atoms with E-state index >= 15 is 0 Å². The third kappa shape index (κ3) is 2.68. The van der Waals surface area contributed by atoms with Crippen molar-refractivity contribution < 1.29 is 4.79 Å². The first-order valence-corrected chi connectivity index (χ1v) is 7.55. The van der Waals surface area contributed by atoms with Crippen LogP contribution in [0.15, 0.2) is 24.4 Å². The van der Waals surface area contributed by atoms with Gasteiger partial charge in [0.15, 0.2) is 0 Å². The van der Waals surface area contributed by atoms with Crippen LogP contribution in [0.4, 0.5) is 0 Å². The molecule has 0 bridgehead atoms. The van der Waals surface area contributed by atoms with Gasteiger partial charge in [0.1, 0.15) is 0 Å². The quantitative estimate of drug-likeness (QED) is 0.806. The van der Waals surface area contributed by atoms with Gasteiger partial charge in [0, 0.05) is 35.6 Å². The summed E-state index contributed by atoms with van der Waals surface area (Å²) >= 11 is 0. The smallest absolute Gasteiger partial charge is 0.237 e. The minimum atomic E-state index is -0.0926. The molecule has 1 amide bonds. The molecule has 21 heavy (non-hydrogen) atoms. The van der Waals surface area contributed by atoms with Crippen LogP contribution in [0.2, 0.25) is 0 Å². The molecule has 0 aliphatic carbocycles. The number of benzene rings is 1. The number of aryl methyl sites for hydroxylation is 1. The molecule has 1 atom stereocenters. The fourth-order valence-corrected chi connectivity index (χ4v) is 3.10. The van der Waals surface area contributed by atoms with Gasteiger partial charge < -0.3 is 15.6 Å². The van der Waals surface area contributed by atoms with Crippen LogP contribution in [-0.4, -0.2) is 30.0 Å². The maximum absolute atomic E-state index is 11.9. The number of nitrogens with one attached hydrogen (secondary N) is 3. The number of carbonyl (C=O) groups is 1. The number of aromatic amines is 1. The lowest BCUT2D eigenvalue weighted by Gasteiger charge is -2.24. The Kier molecular flexibility index (Phi) is 3.49. The summed E-state index contributed by atoms with van der Waals surface area (Å²) < 4.78 is 0. The lowest BCUT2D eigenvalue weighted by Crippen LogP contribution is -2.44. The molecule has 1 unspecified atom stereocenters. The Morgan fingerprint density at radius 2 is 2.19 bits per heavy atom. The second kappa shape index (κ2) is 5.19. The number of rotatable bonds is 4. The number of carbonyl (C=O) groups excluding carboxylic acids is 1. The lowest BCUT2D eigenvalue weighted by atomic mass is 9.87. The highest BCUT2D eigenvalue weighted by atomic mass is 16.2. The fourth-order valence-electron chi connectivity index (χ4n) is 3.10. The van der Waals surface area contributed by atoms with Gasteiger partial charge in [-0.3, -0.25) is 4.79 Å². The average Bonchev–Trinajstić information content (AvgIpc) is 2.93.